The molecule has 1 aromatic carbocycles. The minimum Gasteiger partial charge on any atom is -0.493 e. The number of para-hydroxylation sites is 1. The molecule has 19 heavy (non-hydrogen) atoms. The minimum atomic E-state index is 0.345. The molecule has 0 radical (unpaired) electrons. The summed E-state index contributed by atoms with van der Waals surface area (Å²) < 4.78 is 10.6. The predicted molar refractivity (Wildman–Crippen MR) is 70.0 cm³/mol. The molecule has 3 rings (SSSR count). The van der Waals surface area contributed by atoms with Crippen LogP contribution < -0.4 is 10.1 Å². The molecule has 1 atom stereocenters. The zero-order valence-corrected chi connectivity index (χ0v) is 10.9. The normalized spacial score (nSPS) is 17.8. The number of benzene rings is 1. The molecule has 2 aromatic rings. The average molecular weight is 259 g/mol. The lowest BCUT2D eigenvalue weighted by molar-refractivity contribution is 0.253. The van der Waals surface area contributed by atoms with Crippen LogP contribution in [-0.4, -0.2) is 23.3 Å². The SMILES string of the molecule is Cc1nc(CCNC2CCOc3ccccc32)no1. The Morgan fingerprint density at radius 2 is 2.26 bits per heavy atom. The Hall–Kier alpha value is -1.88. The Kier molecular flexibility index (Phi) is 3.46. The monoisotopic (exact) mass is 259 g/mol. The third kappa shape index (κ3) is 2.76. The van der Waals surface area contributed by atoms with E-state index >= 15 is 0 Å². The molecule has 0 aliphatic carbocycles. The number of fused-ring (bicyclic) bond motifs is 1. The first-order valence-corrected chi connectivity index (χ1v) is 6.57. The fourth-order valence-corrected chi connectivity index (χ4v) is 2.36. The van der Waals surface area contributed by atoms with E-state index in [0.29, 0.717) is 11.9 Å². The number of hydrogen-bond acceptors (Lipinski definition) is 5. The molecular formula is C14H17N3O2. The van der Waals surface area contributed by atoms with Gasteiger partial charge in [0.15, 0.2) is 5.82 Å². The van der Waals surface area contributed by atoms with E-state index in [1.54, 1.807) is 6.92 Å². The highest BCUT2D eigenvalue weighted by molar-refractivity contribution is 5.37. The molecule has 2 heterocycles. The molecule has 5 nitrogen and oxygen atoms in total. The van der Waals surface area contributed by atoms with Crippen molar-refractivity contribution in [3.8, 4) is 5.75 Å². The fourth-order valence-electron chi connectivity index (χ4n) is 2.36. The summed E-state index contributed by atoms with van der Waals surface area (Å²) in [7, 11) is 0. The predicted octanol–water partition coefficient (Wildman–Crippen LogP) is 2.03. The smallest absolute Gasteiger partial charge is 0.223 e. The summed E-state index contributed by atoms with van der Waals surface area (Å²) in [6.07, 6.45) is 1.76. The van der Waals surface area contributed by atoms with Gasteiger partial charge in [-0.1, -0.05) is 23.4 Å². The minimum absolute atomic E-state index is 0.345. The van der Waals surface area contributed by atoms with Crippen molar-refractivity contribution in [2.45, 2.75) is 25.8 Å². The Labute approximate surface area is 112 Å². The van der Waals surface area contributed by atoms with Crippen LogP contribution in [-0.2, 0) is 6.42 Å². The lowest BCUT2D eigenvalue weighted by atomic mass is 10.0. The van der Waals surface area contributed by atoms with Gasteiger partial charge >= 0.3 is 0 Å². The van der Waals surface area contributed by atoms with Crippen molar-refractivity contribution in [2.75, 3.05) is 13.2 Å². The van der Waals surface area contributed by atoms with Gasteiger partial charge in [-0.15, -0.1) is 0 Å². The lowest BCUT2D eigenvalue weighted by Gasteiger charge is -2.26. The first kappa shape index (κ1) is 12.2. The van der Waals surface area contributed by atoms with Crippen molar-refractivity contribution in [3.63, 3.8) is 0 Å². The van der Waals surface area contributed by atoms with Crippen LogP contribution in [0.4, 0.5) is 0 Å². The van der Waals surface area contributed by atoms with Gasteiger partial charge in [0.1, 0.15) is 5.75 Å². The highest BCUT2D eigenvalue weighted by Crippen LogP contribution is 2.31. The maximum atomic E-state index is 5.64. The van der Waals surface area contributed by atoms with Crippen LogP contribution in [0.3, 0.4) is 0 Å². The van der Waals surface area contributed by atoms with Crippen molar-refractivity contribution in [1.82, 2.24) is 15.5 Å². The second kappa shape index (κ2) is 5.40. The molecule has 0 amide bonds. The number of nitrogens with one attached hydrogen (secondary N) is 1. The number of aryl methyl sites for hydroxylation is 1. The molecule has 0 saturated heterocycles. The number of rotatable bonds is 4. The van der Waals surface area contributed by atoms with E-state index in [9.17, 15) is 0 Å². The average Bonchev–Trinajstić information content (AvgIpc) is 2.85. The quantitative estimate of drug-likeness (QED) is 0.910. The van der Waals surface area contributed by atoms with E-state index in [4.69, 9.17) is 9.26 Å². The van der Waals surface area contributed by atoms with Gasteiger partial charge in [0.25, 0.3) is 0 Å². The molecule has 0 fully saturated rings. The fraction of sp³-hybridized carbons (Fsp3) is 0.429. The van der Waals surface area contributed by atoms with Gasteiger partial charge in [-0.2, -0.15) is 4.98 Å². The van der Waals surface area contributed by atoms with E-state index in [-0.39, 0.29) is 0 Å². The third-order valence-corrected chi connectivity index (χ3v) is 3.27. The molecule has 1 unspecified atom stereocenters. The number of nitrogens with zero attached hydrogens (tertiary/aromatic N) is 2. The second-order valence-corrected chi connectivity index (χ2v) is 4.66. The summed E-state index contributed by atoms with van der Waals surface area (Å²) in [5.41, 5.74) is 1.23. The van der Waals surface area contributed by atoms with Crippen LogP contribution in [0.25, 0.3) is 0 Å². The molecule has 0 spiro atoms. The van der Waals surface area contributed by atoms with Gasteiger partial charge in [0, 0.05) is 37.9 Å². The number of ether oxygens (including phenoxy) is 1. The van der Waals surface area contributed by atoms with Crippen LogP contribution in [0.2, 0.25) is 0 Å². The Morgan fingerprint density at radius 3 is 3.11 bits per heavy atom. The largest absolute Gasteiger partial charge is 0.493 e. The maximum absolute atomic E-state index is 5.64. The molecule has 100 valence electrons. The summed E-state index contributed by atoms with van der Waals surface area (Å²) >= 11 is 0. The van der Waals surface area contributed by atoms with Crippen molar-refractivity contribution in [2.24, 2.45) is 0 Å². The number of hydrogen-bond donors (Lipinski definition) is 1. The van der Waals surface area contributed by atoms with Crippen molar-refractivity contribution in [1.29, 1.82) is 0 Å². The second-order valence-electron chi connectivity index (χ2n) is 4.66. The van der Waals surface area contributed by atoms with Gasteiger partial charge in [-0.05, 0) is 6.07 Å². The van der Waals surface area contributed by atoms with Gasteiger partial charge in [-0.25, -0.2) is 0 Å². The summed E-state index contributed by atoms with van der Waals surface area (Å²) in [5.74, 6) is 2.36. The zero-order valence-electron chi connectivity index (χ0n) is 10.9. The summed E-state index contributed by atoms with van der Waals surface area (Å²) in [5, 5.41) is 7.43. The zero-order chi connectivity index (χ0) is 13.1. The van der Waals surface area contributed by atoms with Crippen LogP contribution in [0.1, 0.15) is 29.7 Å². The van der Waals surface area contributed by atoms with E-state index in [1.165, 1.54) is 5.56 Å². The molecule has 0 saturated carbocycles. The molecule has 1 N–H and O–H groups in total. The molecule has 1 aromatic heterocycles. The van der Waals surface area contributed by atoms with Crippen LogP contribution >= 0.6 is 0 Å². The Morgan fingerprint density at radius 1 is 1.37 bits per heavy atom. The summed E-state index contributed by atoms with van der Waals surface area (Å²) in [6.45, 7) is 3.40. The summed E-state index contributed by atoms with van der Waals surface area (Å²) in [6, 6.07) is 8.53. The van der Waals surface area contributed by atoms with E-state index in [1.807, 2.05) is 18.2 Å². The van der Waals surface area contributed by atoms with Crippen molar-refractivity contribution in [3.05, 3.63) is 41.5 Å². The van der Waals surface area contributed by atoms with E-state index < -0.39 is 0 Å². The van der Waals surface area contributed by atoms with Gasteiger partial charge in [0.05, 0.1) is 6.61 Å². The van der Waals surface area contributed by atoms with Crippen LogP contribution in [0.15, 0.2) is 28.8 Å². The number of aromatic nitrogens is 2. The summed E-state index contributed by atoms with van der Waals surface area (Å²) in [4.78, 5) is 4.20. The van der Waals surface area contributed by atoms with E-state index in [2.05, 4.69) is 21.5 Å². The first-order chi connectivity index (χ1) is 9.33. The standard InChI is InChI=1S/C14H17N3O2/c1-10-16-14(17-19-10)6-8-15-12-7-9-18-13-5-3-2-4-11(12)13/h2-5,12,15H,6-9H2,1H3. The molecule has 0 bridgehead atoms. The first-order valence-electron chi connectivity index (χ1n) is 6.57. The highest BCUT2D eigenvalue weighted by Gasteiger charge is 2.20. The lowest BCUT2D eigenvalue weighted by Crippen LogP contribution is -2.28. The molecular weight excluding hydrogens is 242 g/mol. The molecule has 5 heteroatoms. The van der Waals surface area contributed by atoms with Crippen LogP contribution in [0.5, 0.6) is 5.75 Å². The van der Waals surface area contributed by atoms with Gasteiger partial charge < -0.3 is 14.6 Å². The van der Waals surface area contributed by atoms with Crippen molar-refractivity contribution < 1.29 is 9.26 Å². The maximum Gasteiger partial charge on any atom is 0.223 e. The molecule has 1 aliphatic heterocycles. The Balaban J connectivity index is 1.59. The topological polar surface area (TPSA) is 60.2 Å². The highest BCUT2D eigenvalue weighted by atomic mass is 16.5. The Bertz CT molecular complexity index is 553. The van der Waals surface area contributed by atoms with Gasteiger partial charge in [0.2, 0.25) is 5.89 Å². The van der Waals surface area contributed by atoms with E-state index in [0.717, 1.165) is 37.6 Å². The van der Waals surface area contributed by atoms with Gasteiger partial charge in [-0.3, -0.25) is 0 Å². The third-order valence-electron chi connectivity index (χ3n) is 3.27. The molecule has 1 aliphatic rings. The van der Waals surface area contributed by atoms with Crippen LogP contribution in [0, 0.1) is 6.92 Å². The van der Waals surface area contributed by atoms with Crippen molar-refractivity contribution >= 4 is 0 Å².